The molecule has 30 heavy (non-hydrogen) atoms. The Morgan fingerprint density at radius 2 is 2.03 bits per heavy atom. The highest BCUT2D eigenvalue weighted by molar-refractivity contribution is 8.13. The van der Waals surface area contributed by atoms with Crippen molar-refractivity contribution in [3.8, 4) is 0 Å². The van der Waals surface area contributed by atoms with E-state index in [2.05, 4.69) is 15.3 Å². The maximum atomic E-state index is 12.1. The first-order chi connectivity index (χ1) is 14.3. The van der Waals surface area contributed by atoms with Crippen LogP contribution in [0, 0.1) is 0 Å². The van der Waals surface area contributed by atoms with Crippen LogP contribution in [-0.4, -0.2) is 68.3 Å². The summed E-state index contributed by atoms with van der Waals surface area (Å²) in [5, 5.41) is 18.8. The van der Waals surface area contributed by atoms with E-state index in [-0.39, 0.29) is 6.54 Å². The molecule has 1 fully saturated rings. The van der Waals surface area contributed by atoms with Crippen molar-refractivity contribution in [2.75, 3.05) is 20.3 Å². The number of nitrogens with zero attached hydrogens (tertiary/aromatic N) is 4. The normalized spacial score (nSPS) is 24.4. The summed E-state index contributed by atoms with van der Waals surface area (Å²) in [6, 6.07) is 1.19. The fraction of sp³-hybridized carbons (Fsp3) is 0.625. The van der Waals surface area contributed by atoms with Gasteiger partial charge < -0.3 is 23.6 Å². The van der Waals surface area contributed by atoms with E-state index in [0.29, 0.717) is 18.6 Å². The quantitative estimate of drug-likeness (QED) is 0.452. The summed E-state index contributed by atoms with van der Waals surface area (Å²) in [5.74, 6) is 0. The molecule has 0 amide bonds. The van der Waals surface area contributed by atoms with Crippen molar-refractivity contribution >= 4 is 23.7 Å². The second-order valence-corrected chi connectivity index (χ2v) is 9.82. The minimum Gasteiger partial charge on any atom is -0.387 e. The van der Waals surface area contributed by atoms with Crippen molar-refractivity contribution in [2.24, 2.45) is 0 Å². The average molecular weight is 461 g/mol. The summed E-state index contributed by atoms with van der Waals surface area (Å²) < 4.78 is 25.1. The van der Waals surface area contributed by atoms with Crippen LogP contribution >= 0.6 is 6.49 Å². The summed E-state index contributed by atoms with van der Waals surface area (Å²) in [4.78, 5) is 25.6. The monoisotopic (exact) mass is 461 g/mol. The van der Waals surface area contributed by atoms with Gasteiger partial charge in [-0.3, -0.25) is 14.3 Å². The minimum atomic E-state index is -2.77. The molecule has 1 aliphatic rings. The molecule has 0 unspecified atom stereocenters. The summed E-state index contributed by atoms with van der Waals surface area (Å²) in [6.07, 6.45) is -0.693. The molecular formula is C16H24N5O7PS. The lowest BCUT2D eigenvalue weighted by Crippen LogP contribution is -2.38. The number of rotatable bonds is 9. The van der Waals surface area contributed by atoms with Gasteiger partial charge in [0.25, 0.3) is 5.56 Å². The van der Waals surface area contributed by atoms with Crippen molar-refractivity contribution in [2.45, 2.75) is 44.9 Å². The van der Waals surface area contributed by atoms with E-state index in [1.807, 2.05) is 13.8 Å². The van der Waals surface area contributed by atoms with Crippen LogP contribution in [0.5, 0.6) is 0 Å². The van der Waals surface area contributed by atoms with E-state index in [9.17, 15) is 14.7 Å². The van der Waals surface area contributed by atoms with Gasteiger partial charge in [0.2, 0.25) is 6.49 Å². The Labute approximate surface area is 176 Å². The van der Waals surface area contributed by atoms with E-state index >= 15 is 0 Å². The minimum absolute atomic E-state index is 0.121. The zero-order valence-electron chi connectivity index (χ0n) is 16.7. The molecule has 4 atom stereocenters. The van der Waals surface area contributed by atoms with Gasteiger partial charge in [0.15, 0.2) is 11.7 Å². The van der Waals surface area contributed by atoms with Gasteiger partial charge in [-0.15, -0.1) is 5.10 Å². The van der Waals surface area contributed by atoms with Gasteiger partial charge in [-0.25, -0.2) is 9.48 Å². The van der Waals surface area contributed by atoms with Gasteiger partial charge >= 0.3 is 5.69 Å². The number of aromatic nitrogens is 5. The number of hydrogen-bond donors (Lipinski definition) is 2. The van der Waals surface area contributed by atoms with E-state index in [0.717, 1.165) is 4.57 Å². The molecule has 2 aromatic rings. The molecule has 2 aromatic heterocycles. The largest absolute Gasteiger partial charge is 0.387 e. The van der Waals surface area contributed by atoms with Crippen molar-refractivity contribution in [1.29, 1.82) is 0 Å². The maximum Gasteiger partial charge on any atom is 0.330 e. The number of hydrogen-bond acceptors (Lipinski definition) is 10. The molecule has 14 heteroatoms. The summed E-state index contributed by atoms with van der Waals surface area (Å²) >= 11 is 5.51. The molecule has 0 aromatic carbocycles. The predicted octanol–water partition coefficient (Wildman–Crippen LogP) is -0.891. The van der Waals surface area contributed by atoms with Crippen molar-refractivity contribution < 1.29 is 23.6 Å². The zero-order valence-corrected chi connectivity index (χ0v) is 18.4. The second kappa shape index (κ2) is 9.60. The van der Waals surface area contributed by atoms with Crippen molar-refractivity contribution in [3.63, 3.8) is 0 Å². The van der Waals surface area contributed by atoms with Gasteiger partial charge in [0.1, 0.15) is 18.3 Å². The van der Waals surface area contributed by atoms with Crippen LogP contribution < -0.4 is 16.7 Å². The Hall–Kier alpha value is -1.73. The average Bonchev–Trinajstić information content (AvgIpc) is 3.28. The topological polar surface area (TPSA) is 143 Å². The lowest BCUT2D eigenvalue weighted by Gasteiger charge is -2.19. The van der Waals surface area contributed by atoms with Crippen LogP contribution in [0.3, 0.4) is 0 Å². The first-order valence-electron chi connectivity index (χ1n) is 9.30. The molecule has 166 valence electrons. The van der Waals surface area contributed by atoms with Gasteiger partial charge in [0.05, 0.1) is 26.0 Å². The van der Waals surface area contributed by atoms with E-state index in [1.54, 1.807) is 6.20 Å². The molecule has 3 heterocycles. The van der Waals surface area contributed by atoms with Crippen LogP contribution in [0.15, 0.2) is 28.0 Å². The summed E-state index contributed by atoms with van der Waals surface area (Å²) in [5.41, 5.74) is -0.792. The van der Waals surface area contributed by atoms with Gasteiger partial charge in [-0.2, -0.15) is 0 Å². The standard InChI is InChI=1S/C16H24N5O7PS/c1-4-26-29(30,27-5-2)12-9-20(19-18-12)8-10-13(23)14(25-3)15(28-10)21-7-6-11(22)17-16(21)24/h6-7,9-10,13-15,23H,4-5,8H2,1-3H3,(H,17,22,24)/t10-,13-,14-,15-/m1/s1. The Morgan fingerprint density at radius 1 is 1.33 bits per heavy atom. The lowest BCUT2D eigenvalue weighted by atomic mass is 10.1. The molecule has 0 radical (unpaired) electrons. The van der Waals surface area contributed by atoms with Crippen molar-refractivity contribution in [3.05, 3.63) is 39.3 Å². The zero-order chi connectivity index (χ0) is 21.9. The number of H-pyrrole nitrogens is 1. The number of aliphatic hydroxyl groups excluding tert-OH is 1. The van der Waals surface area contributed by atoms with Gasteiger partial charge in [-0.05, 0) is 25.7 Å². The first kappa shape index (κ1) is 22.9. The van der Waals surface area contributed by atoms with Crippen LogP contribution in [0.4, 0.5) is 0 Å². The van der Waals surface area contributed by atoms with E-state index < -0.39 is 42.3 Å². The molecule has 12 nitrogen and oxygen atoms in total. The third kappa shape index (κ3) is 4.62. The molecular weight excluding hydrogens is 437 g/mol. The van der Waals surface area contributed by atoms with Crippen LogP contribution in [0.1, 0.15) is 20.1 Å². The smallest absolute Gasteiger partial charge is 0.330 e. The Bertz CT molecular complexity index is 1010. The van der Waals surface area contributed by atoms with Gasteiger partial charge in [0, 0.05) is 19.4 Å². The summed E-state index contributed by atoms with van der Waals surface area (Å²) in [7, 11) is 1.40. The second-order valence-electron chi connectivity index (χ2n) is 6.41. The molecule has 0 bridgehead atoms. The third-order valence-corrected chi connectivity index (χ3v) is 7.64. The van der Waals surface area contributed by atoms with Crippen LogP contribution in [0.2, 0.25) is 0 Å². The molecule has 0 saturated carbocycles. The maximum absolute atomic E-state index is 12.1. The third-order valence-electron chi connectivity index (χ3n) is 4.48. The van der Waals surface area contributed by atoms with E-state index in [4.69, 9.17) is 30.3 Å². The predicted molar refractivity (Wildman–Crippen MR) is 109 cm³/mol. The fourth-order valence-corrected chi connectivity index (χ4v) is 5.50. The Balaban J connectivity index is 1.80. The lowest BCUT2D eigenvalue weighted by molar-refractivity contribution is -0.0566. The molecule has 2 N–H and O–H groups in total. The number of ether oxygens (including phenoxy) is 2. The van der Waals surface area contributed by atoms with Gasteiger partial charge in [-0.1, -0.05) is 5.21 Å². The fourth-order valence-electron chi connectivity index (χ4n) is 3.17. The Kier molecular flexibility index (Phi) is 7.34. The molecule has 1 saturated heterocycles. The summed E-state index contributed by atoms with van der Waals surface area (Å²) in [6.45, 7) is 1.74. The highest BCUT2D eigenvalue weighted by Crippen LogP contribution is 2.46. The SMILES string of the molecule is CCOP(=S)(OCC)c1cn(C[C@H]2O[C@@H](n3ccc(=O)[nH]c3=O)[C@H](OC)[C@@H]2O)nn1. The highest BCUT2D eigenvalue weighted by atomic mass is 32.5. The number of nitrogens with one attached hydrogen (secondary N) is 1. The van der Waals surface area contributed by atoms with Crippen molar-refractivity contribution in [1.82, 2.24) is 24.5 Å². The highest BCUT2D eigenvalue weighted by Gasteiger charge is 2.45. The molecule has 3 rings (SSSR count). The molecule has 0 aliphatic carbocycles. The Morgan fingerprint density at radius 3 is 2.63 bits per heavy atom. The number of methoxy groups -OCH3 is 1. The molecule has 0 spiro atoms. The number of aromatic amines is 1. The van der Waals surface area contributed by atoms with Crippen LogP contribution in [-0.2, 0) is 36.9 Å². The van der Waals surface area contributed by atoms with Crippen LogP contribution in [0.25, 0.3) is 0 Å². The number of aliphatic hydroxyl groups is 1. The molecule has 1 aliphatic heterocycles. The van der Waals surface area contributed by atoms with E-state index in [1.165, 1.54) is 24.1 Å². The first-order valence-corrected chi connectivity index (χ1v) is 11.9.